The van der Waals surface area contributed by atoms with E-state index in [9.17, 15) is 8.42 Å². The number of nitrogens with two attached hydrogens (primary N) is 1. The number of hydrogen-bond acceptors (Lipinski definition) is 4. The van der Waals surface area contributed by atoms with Crippen molar-refractivity contribution in [3.05, 3.63) is 34.3 Å². The van der Waals surface area contributed by atoms with E-state index in [-0.39, 0.29) is 17.5 Å². The zero-order valence-electron chi connectivity index (χ0n) is 11.0. The molecule has 3 rings (SSSR count). The van der Waals surface area contributed by atoms with Gasteiger partial charge in [0.2, 0.25) is 0 Å². The van der Waals surface area contributed by atoms with E-state index >= 15 is 0 Å². The summed E-state index contributed by atoms with van der Waals surface area (Å²) < 4.78 is 24.7. The second-order valence-corrected chi connectivity index (χ2v) is 8.15. The van der Waals surface area contributed by atoms with Gasteiger partial charge in [-0.2, -0.15) is 5.10 Å². The molecule has 1 aliphatic heterocycles. The Hall–Kier alpha value is -1.24. The Bertz CT molecular complexity index is 802. The molecule has 2 N–H and O–H groups in total. The highest BCUT2D eigenvalue weighted by Crippen LogP contribution is 2.33. The van der Waals surface area contributed by atoms with E-state index in [2.05, 4.69) is 5.10 Å². The molecule has 0 saturated carbocycles. The first-order chi connectivity index (χ1) is 9.85. The van der Waals surface area contributed by atoms with Crippen LogP contribution in [0, 0.1) is 0 Å². The molecule has 1 saturated heterocycles. The fourth-order valence-corrected chi connectivity index (χ4v) is 4.70. The van der Waals surface area contributed by atoms with E-state index in [0.717, 1.165) is 0 Å². The largest absolute Gasteiger partial charge is 0.384 e. The van der Waals surface area contributed by atoms with Gasteiger partial charge in [0.1, 0.15) is 5.82 Å². The summed E-state index contributed by atoms with van der Waals surface area (Å²) in [5.41, 5.74) is 7.29. The van der Waals surface area contributed by atoms with Crippen molar-refractivity contribution >= 4 is 38.9 Å². The minimum atomic E-state index is -2.99. The zero-order chi connectivity index (χ0) is 15.2. The van der Waals surface area contributed by atoms with Crippen molar-refractivity contribution in [3.8, 4) is 11.3 Å². The minimum Gasteiger partial charge on any atom is -0.384 e. The first-order valence-corrected chi connectivity index (χ1v) is 8.94. The first kappa shape index (κ1) is 14.7. The molecular formula is C13H13Cl2N3O2S. The molecule has 1 aromatic heterocycles. The van der Waals surface area contributed by atoms with E-state index in [1.54, 1.807) is 28.9 Å². The van der Waals surface area contributed by atoms with E-state index in [4.69, 9.17) is 28.9 Å². The average Bonchev–Trinajstić information content (AvgIpc) is 2.92. The molecule has 1 atom stereocenters. The number of nitrogens with zero attached hydrogens (tertiary/aromatic N) is 2. The molecule has 0 amide bonds. The van der Waals surface area contributed by atoms with Crippen LogP contribution in [0.3, 0.4) is 0 Å². The van der Waals surface area contributed by atoms with Crippen LogP contribution < -0.4 is 5.73 Å². The highest BCUT2D eigenvalue weighted by Gasteiger charge is 2.31. The lowest BCUT2D eigenvalue weighted by Gasteiger charge is -2.10. The number of sulfone groups is 1. The second kappa shape index (κ2) is 5.19. The number of rotatable bonds is 2. The van der Waals surface area contributed by atoms with Crippen molar-refractivity contribution in [3.63, 3.8) is 0 Å². The van der Waals surface area contributed by atoms with Gasteiger partial charge in [0.05, 0.1) is 28.3 Å². The van der Waals surface area contributed by atoms with Crippen LogP contribution in [-0.2, 0) is 9.84 Å². The standard InChI is InChI=1S/C13H13Cl2N3O2S/c14-8-1-2-10(11(15)5-8)12-6-13(16)18(17-12)9-3-4-21(19,20)7-9/h1-2,5-6,9H,3-4,7,16H2. The van der Waals surface area contributed by atoms with Crippen LogP contribution in [0.15, 0.2) is 24.3 Å². The number of nitrogen functional groups attached to an aromatic ring is 1. The van der Waals surface area contributed by atoms with Crippen LogP contribution in [0.4, 0.5) is 5.82 Å². The predicted molar refractivity (Wildman–Crippen MR) is 84.4 cm³/mol. The highest BCUT2D eigenvalue weighted by atomic mass is 35.5. The van der Waals surface area contributed by atoms with Gasteiger partial charge in [-0.25, -0.2) is 13.1 Å². The SMILES string of the molecule is Nc1cc(-c2ccc(Cl)cc2Cl)nn1C1CCS(=O)(=O)C1. The van der Waals surface area contributed by atoms with Gasteiger partial charge in [-0.3, -0.25) is 0 Å². The van der Waals surface area contributed by atoms with E-state index in [1.807, 2.05) is 0 Å². The molecule has 0 bridgehead atoms. The smallest absolute Gasteiger partial charge is 0.152 e. The third kappa shape index (κ3) is 2.88. The first-order valence-electron chi connectivity index (χ1n) is 6.36. The summed E-state index contributed by atoms with van der Waals surface area (Å²) in [5.74, 6) is 0.679. The lowest BCUT2D eigenvalue weighted by Crippen LogP contribution is -2.14. The van der Waals surface area contributed by atoms with Crippen molar-refractivity contribution in [1.29, 1.82) is 0 Å². The maximum atomic E-state index is 11.6. The number of halogens is 2. The molecule has 1 aliphatic rings. The number of benzene rings is 1. The van der Waals surface area contributed by atoms with Gasteiger partial charge >= 0.3 is 0 Å². The average molecular weight is 346 g/mol. The second-order valence-electron chi connectivity index (χ2n) is 5.08. The Labute approximate surface area is 132 Å². The van der Waals surface area contributed by atoms with Gasteiger partial charge in [0.15, 0.2) is 9.84 Å². The van der Waals surface area contributed by atoms with Gasteiger partial charge in [-0.15, -0.1) is 0 Å². The maximum Gasteiger partial charge on any atom is 0.152 e. The summed E-state index contributed by atoms with van der Waals surface area (Å²) in [6, 6.07) is 6.60. The molecule has 0 aliphatic carbocycles. The Kier molecular flexibility index (Phi) is 3.63. The molecular weight excluding hydrogens is 333 g/mol. The lowest BCUT2D eigenvalue weighted by molar-refractivity contribution is 0.508. The topological polar surface area (TPSA) is 78.0 Å². The number of aromatic nitrogens is 2. The zero-order valence-corrected chi connectivity index (χ0v) is 13.3. The number of hydrogen-bond donors (Lipinski definition) is 1. The lowest BCUT2D eigenvalue weighted by atomic mass is 10.1. The molecule has 1 fully saturated rings. The quantitative estimate of drug-likeness (QED) is 0.907. The summed E-state index contributed by atoms with van der Waals surface area (Å²) >= 11 is 12.0. The number of anilines is 1. The molecule has 1 aromatic carbocycles. The highest BCUT2D eigenvalue weighted by molar-refractivity contribution is 7.91. The van der Waals surface area contributed by atoms with Crippen LogP contribution in [0.5, 0.6) is 0 Å². The Morgan fingerprint density at radius 3 is 2.67 bits per heavy atom. The van der Waals surface area contributed by atoms with E-state index in [0.29, 0.717) is 33.5 Å². The van der Waals surface area contributed by atoms with Gasteiger partial charge in [-0.1, -0.05) is 23.2 Å². The summed E-state index contributed by atoms with van der Waals surface area (Å²) in [6.45, 7) is 0. The van der Waals surface area contributed by atoms with Crippen molar-refractivity contribution < 1.29 is 8.42 Å². The Morgan fingerprint density at radius 2 is 2.05 bits per heavy atom. The third-order valence-electron chi connectivity index (χ3n) is 3.53. The molecule has 0 spiro atoms. The molecule has 21 heavy (non-hydrogen) atoms. The summed E-state index contributed by atoms with van der Waals surface area (Å²) in [5, 5.41) is 5.44. The van der Waals surface area contributed by atoms with Gasteiger partial charge in [0.25, 0.3) is 0 Å². The van der Waals surface area contributed by atoms with Crippen LogP contribution in [0.25, 0.3) is 11.3 Å². The van der Waals surface area contributed by atoms with Crippen molar-refractivity contribution in [1.82, 2.24) is 9.78 Å². The fraction of sp³-hybridized carbons (Fsp3) is 0.308. The van der Waals surface area contributed by atoms with Crippen LogP contribution in [0.1, 0.15) is 12.5 Å². The van der Waals surface area contributed by atoms with E-state index < -0.39 is 9.84 Å². The van der Waals surface area contributed by atoms with Crippen molar-refractivity contribution in [2.45, 2.75) is 12.5 Å². The minimum absolute atomic E-state index is 0.0761. The molecule has 2 aromatic rings. The molecule has 0 radical (unpaired) electrons. The van der Waals surface area contributed by atoms with Crippen molar-refractivity contribution in [2.24, 2.45) is 0 Å². The molecule has 5 nitrogen and oxygen atoms in total. The molecule has 8 heteroatoms. The van der Waals surface area contributed by atoms with Crippen LogP contribution in [0.2, 0.25) is 10.0 Å². The van der Waals surface area contributed by atoms with Gasteiger partial charge in [0, 0.05) is 16.7 Å². The molecule has 112 valence electrons. The maximum absolute atomic E-state index is 11.6. The van der Waals surface area contributed by atoms with Gasteiger partial charge in [-0.05, 0) is 24.6 Å². The fourth-order valence-electron chi connectivity index (χ4n) is 2.50. The predicted octanol–water partition coefficient (Wildman–Crippen LogP) is 2.80. The molecule has 1 unspecified atom stereocenters. The summed E-state index contributed by atoms with van der Waals surface area (Å²) in [4.78, 5) is 0. The Morgan fingerprint density at radius 1 is 1.29 bits per heavy atom. The molecule has 2 heterocycles. The summed E-state index contributed by atoms with van der Waals surface area (Å²) in [7, 11) is -2.99. The van der Waals surface area contributed by atoms with Crippen molar-refractivity contribution in [2.75, 3.05) is 17.2 Å². The monoisotopic (exact) mass is 345 g/mol. The van der Waals surface area contributed by atoms with Crippen LogP contribution in [-0.4, -0.2) is 29.7 Å². The van der Waals surface area contributed by atoms with Gasteiger partial charge < -0.3 is 5.73 Å². The normalized spacial score (nSPS) is 20.8. The third-order valence-corrected chi connectivity index (χ3v) is 5.82. The van der Waals surface area contributed by atoms with Crippen LogP contribution >= 0.6 is 23.2 Å². The summed E-state index contributed by atoms with van der Waals surface area (Å²) in [6.07, 6.45) is 0.530. The Balaban J connectivity index is 1.98. The van der Waals surface area contributed by atoms with E-state index in [1.165, 1.54) is 0 Å².